The van der Waals surface area contributed by atoms with Crippen molar-refractivity contribution in [2.75, 3.05) is 5.32 Å². The molecule has 4 rings (SSSR count). The molecular weight excluding hydrogens is 423 g/mol. The second-order valence-corrected chi connectivity index (χ2v) is 8.90. The quantitative estimate of drug-likeness (QED) is 0.465. The van der Waals surface area contributed by atoms with E-state index >= 15 is 0 Å². The van der Waals surface area contributed by atoms with Gasteiger partial charge in [0.2, 0.25) is 0 Å². The molecule has 31 heavy (non-hydrogen) atoms. The van der Waals surface area contributed by atoms with Crippen LogP contribution in [0.1, 0.15) is 36.8 Å². The van der Waals surface area contributed by atoms with Crippen LogP contribution >= 0.6 is 11.8 Å². The number of anilines is 1. The van der Waals surface area contributed by atoms with E-state index in [4.69, 9.17) is 0 Å². The van der Waals surface area contributed by atoms with Gasteiger partial charge in [0, 0.05) is 39.9 Å². The van der Waals surface area contributed by atoms with Gasteiger partial charge in [0.15, 0.2) is 0 Å². The maximum atomic E-state index is 13.2. The van der Waals surface area contributed by atoms with E-state index in [0.717, 1.165) is 42.5 Å². The van der Waals surface area contributed by atoms with Crippen LogP contribution in [0.2, 0.25) is 0 Å². The Bertz CT molecular complexity index is 1080. The summed E-state index contributed by atoms with van der Waals surface area (Å²) >= 11 is 1.49. The third-order valence-electron chi connectivity index (χ3n) is 5.36. The Balaban J connectivity index is 1.48. The molecule has 0 aliphatic heterocycles. The van der Waals surface area contributed by atoms with Crippen LogP contribution in [0.3, 0.4) is 0 Å². The largest absolute Gasteiger partial charge is 0.416 e. The predicted octanol–water partition coefficient (Wildman–Crippen LogP) is 6.61. The van der Waals surface area contributed by atoms with Crippen LogP contribution in [0.4, 0.5) is 23.7 Å². The summed E-state index contributed by atoms with van der Waals surface area (Å²) in [6.07, 6.45) is 3.19. The molecular formula is C23H22F3N3OS. The number of hydrogen-bond donors (Lipinski definition) is 2. The Hall–Kier alpha value is -2.74. The van der Waals surface area contributed by atoms with Gasteiger partial charge >= 0.3 is 12.2 Å². The Kier molecular flexibility index (Phi) is 6.36. The number of halogens is 3. The summed E-state index contributed by atoms with van der Waals surface area (Å²) in [6, 6.07) is 10.7. The van der Waals surface area contributed by atoms with Gasteiger partial charge in [0.1, 0.15) is 0 Å². The van der Waals surface area contributed by atoms with E-state index in [0.29, 0.717) is 21.4 Å². The van der Waals surface area contributed by atoms with E-state index in [1.807, 2.05) is 18.2 Å². The molecule has 2 amide bonds. The van der Waals surface area contributed by atoms with Crippen LogP contribution in [0.25, 0.3) is 10.8 Å². The van der Waals surface area contributed by atoms with Crippen LogP contribution in [-0.2, 0) is 12.7 Å². The number of aromatic nitrogens is 1. The third kappa shape index (κ3) is 5.31. The van der Waals surface area contributed by atoms with Gasteiger partial charge in [-0.15, -0.1) is 11.8 Å². The molecule has 4 nitrogen and oxygen atoms in total. The summed E-state index contributed by atoms with van der Waals surface area (Å²) in [5, 5.41) is 7.68. The fraction of sp³-hybridized carbons (Fsp3) is 0.304. The summed E-state index contributed by atoms with van der Waals surface area (Å²) in [6.45, 7) is 0.144. The number of rotatable bonds is 5. The Labute approximate surface area is 182 Å². The third-order valence-corrected chi connectivity index (χ3v) is 6.80. The lowest BCUT2D eigenvalue weighted by Gasteiger charge is -2.17. The van der Waals surface area contributed by atoms with Gasteiger partial charge in [-0.3, -0.25) is 4.98 Å². The van der Waals surface area contributed by atoms with Crippen LogP contribution in [0.5, 0.6) is 0 Å². The lowest BCUT2D eigenvalue weighted by Crippen LogP contribution is -2.28. The molecule has 3 aromatic rings. The molecule has 2 N–H and O–H groups in total. The van der Waals surface area contributed by atoms with E-state index in [-0.39, 0.29) is 6.54 Å². The zero-order valence-electron chi connectivity index (χ0n) is 16.7. The van der Waals surface area contributed by atoms with Crippen molar-refractivity contribution in [1.82, 2.24) is 10.3 Å². The first kappa shape index (κ1) is 21.5. The summed E-state index contributed by atoms with van der Waals surface area (Å²) < 4.78 is 39.6. The van der Waals surface area contributed by atoms with Crippen molar-refractivity contribution >= 4 is 34.3 Å². The molecule has 1 saturated carbocycles. The van der Waals surface area contributed by atoms with Gasteiger partial charge in [0.25, 0.3) is 0 Å². The Morgan fingerprint density at radius 1 is 1.13 bits per heavy atom. The number of nitrogens with zero attached hydrogens (tertiary/aromatic N) is 1. The van der Waals surface area contributed by atoms with Gasteiger partial charge in [-0.25, -0.2) is 4.79 Å². The maximum absolute atomic E-state index is 13.2. The predicted molar refractivity (Wildman–Crippen MR) is 117 cm³/mol. The highest BCUT2D eigenvalue weighted by Crippen LogP contribution is 2.39. The number of carbonyl (C=O) groups is 1. The lowest BCUT2D eigenvalue weighted by molar-refractivity contribution is -0.137. The molecule has 1 aliphatic carbocycles. The Morgan fingerprint density at radius 2 is 1.94 bits per heavy atom. The van der Waals surface area contributed by atoms with Crippen LogP contribution in [0, 0.1) is 0 Å². The van der Waals surface area contributed by atoms with Crippen molar-refractivity contribution < 1.29 is 18.0 Å². The summed E-state index contributed by atoms with van der Waals surface area (Å²) in [7, 11) is 0. The fourth-order valence-electron chi connectivity index (χ4n) is 3.75. The van der Waals surface area contributed by atoms with Crippen LogP contribution in [-0.4, -0.2) is 16.3 Å². The average molecular weight is 446 g/mol. The van der Waals surface area contributed by atoms with E-state index in [2.05, 4.69) is 15.6 Å². The highest BCUT2D eigenvalue weighted by molar-refractivity contribution is 8.00. The second kappa shape index (κ2) is 9.18. The first-order valence-corrected chi connectivity index (χ1v) is 11.0. The number of benzene rings is 2. The van der Waals surface area contributed by atoms with Crippen LogP contribution in [0.15, 0.2) is 59.8 Å². The van der Waals surface area contributed by atoms with Gasteiger partial charge in [-0.05, 0) is 42.7 Å². The standard InChI is InChI=1S/C23H22F3N3OS/c24-23(25,26)17-9-8-16(21(12-17)31-18-5-1-2-6-18)14-28-22(30)29-20-7-3-4-15-13-27-11-10-19(15)20/h3-4,7-13,18H,1-2,5-6,14H2,(H2,28,29,30). The molecule has 1 aromatic heterocycles. The van der Waals surface area contributed by atoms with Crippen molar-refractivity contribution in [3.8, 4) is 0 Å². The molecule has 0 spiro atoms. The van der Waals surface area contributed by atoms with Crippen molar-refractivity contribution in [3.05, 3.63) is 66.0 Å². The summed E-state index contributed by atoms with van der Waals surface area (Å²) in [4.78, 5) is 17.1. The number of pyridine rings is 1. The van der Waals surface area contributed by atoms with E-state index in [1.54, 1.807) is 18.5 Å². The first-order valence-electron chi connectivity index (χ1n) is 10.1. The van der Waals surface area contributed by atoms with Gasteiger partial charge in [-0.2, -0.15) is 13.2 Å². The number of thioether (sulfide) groups is 1. The SMILES string of the molecule is O=C(NCc1ccc(C(F)(F)F)cc1SC1CCCC1)Nc1cccc2cnccc12. The summed E-state index contributed by atoms with van der Waals surface area (Å²) in [5.74, 6) is 0. The number of urea groups is 1. The monoisotopic (exact) mass is 445 g/mol. The van der Waals surface area contributed by atoms with E-state index < -0.39 is 17.8 Å². The van der Waals surface area contributed by atoms with Crippen molar-refractivity contribution in [3.63, 3.8) is 0 Å². The molecule has 1 fully saturated rings. The maximum Gasteiger partial charge on any atom is 0.416 e. The Morgan fingerprint density at radius 3 is 2.71 bits per heavy atom. The van der Waals surface area contributed by atoms with E-state index in [1.165, 1.54) is 23.9 Å². The number of nitrogens with one attached hydrogen (secondary N) is 2. The highest BCUT2D eigenvalue weighted by Gasteiger charge is 2.31. The number of amides is 2. The highest BCUT2D eigenvalue weighted by atomic mass is 32.2. The average Bonchev–Trinajstić information content (AvgIpc) is 3.25. The van der Waals surface area contributed by atoms with Crippen molar-refractivity contribution in [2.45, 2.75) is 48.5 Å². The molecule has 2 aromatic carbocycles. The second-order valence-electron chi connectivity index (χ2n) is 7.55. The zero-order valence-corrected chi connectivity index (χ0v) is 17.5. The molecule has 0 bridgehead atoms. The first-order chi connectivity index (χ1) is 14.9. The van der Waals surface area contributed by atoms with Crippen molar-refractivity contribution in [1.29, 1.82) is 0 Å². The lowest BCUT2D eigenvalue weighted by atomic mass is 10.1. The van der Waals surface area contributed by atoms with Gasteiger partial charge < -0.3 is 10.6 Å². The molecule has 0 unspecified atom stereocenters. The summed E-state index contributed by atoms with van der Waals surface area (Å²) in [5.41, 5.74) is 0.665. The number of alkyl halides is 3. The molecule has 1 aliphatic rings. The smallest absolute Gasteiger partial charge is 0.334 e. The number of hydrogen-bond acceptors (Lipinski definition) is 3. The van der Waals surface area contributed by atoms with E-state index in [9.17, 15) is 18.0 Å². The van der Waals surface area contributed by atoms with Crippen LogP contribution < -0.4 is 10.6 Å². The minimum absolute atomic E-state index is 0.144. The minimum Gasteiger partial charge on any atom is -0.334 e. The molecule has 0 radical (unpaired) electrons. The van der Waals surface area contributed by atoms with Gasteiger partial charge in [0.05, 0.1) is 11.3 Å². The molecule has 162 valence electrons. The number of fused-ring (bicyclic) bond motifs is 1. The normalized spacial score (nSPS) is 14.7. The molecule has 8 heteroatoms. The van der Waals surface area contributed by atoms with Gasteiger partial charge in [-0.1, -0.05) is 31.0 Å². The number of carbonyl (C=O) groups excluding carboxylic acids is 1. The molecule has 1 heterocycles. The zero-order chi connectivity index (χ0) is 21.8. The molecule has 0 atom stereocenters. The minimum atomic E-state index is -4.39. The van der Waals surface area contributed by atoms with Crippen molar-refractivity contribution in [2.24, 2.45) is 0 Å². The molecule has 0 saturated heterocycles. The topological polar surface area (TPSA) is 54.0 Å². The fourth-order valence-corrected chi connectivity index (χ4v) is 5.16.